The lowest BCUT2D eigenvalue weighted by atomic mass is 9.98. The predicted octanol–water partition coefficient (Wildman–Crippen LogP) is 1.75. The number of carboxylic acid groups (broad SMARTS) is 1. The molecule has 0 radical (unpaired) electrons. The zero-order valence-electron chi connectivity index (χ0n) is 14.1. The highest BCUT2D eigenvalue weighted by Gasteiger charge is 2.22. The second kappa shape index (κ2) is 8.09. The Hall–Kier alpha value is -3.16. The van der Waals surface area contributed by atoms with Gasteiger partial charge in [0.25, 0.3) is 5.91 Å². The Morgan fingerprint density at radius 3 is 2.28 bits per heavy atom. The van der Waals surface area contributed by atoms with Crippen molar-refractivity contribution < 1.29 is 24.2 Å². The highest BCUT2D eigenvalue weighted by Crippen LogP contribution is 2.22. The molecular weight excluding hydrogens is 326 g/mol. The summed E-state index contributed by atoms with van der Waals surface area (Å²) >= 11 is 0. The number of aryl methyl sites for hydroxylation is 1. The SMILES string of the molecule is COc1cc(OC)nc(C(=O)N[C@@H](CC(=O)O)c2ccccc2C)n1. The van der Waals surface area contributed by atoms with E-state index in [1.807, 2.05) is 19.1 Å². The largest absolute Gasteiger partial charge is 0.481 e. The van der Waals surface area contributed by atoms with Crippen LogP contribution in [0, 0.1) is 6.92 Å². The van der Waals surface area contributed by atoms with Gasteiger partial charge in [-0.15, -0.1) is 0 Å². The molecule has 1 aromatic heterocycles. The minimum absolute atomic E-state index is 0.167. The molecule has 8 nitrogen and oxygen atoms in total. The Morgan fingerprint density at radius 2 is 1.76 bits per heavy atom. The zero-order valence-corrected chi connectivity index (χ0v) is 14.1. The molecule has 0 saturated heterocycles. The summed E-state index contributed by atoms with van der Waals surface area (Å²) in [6.45, 7) is 1.85. The third kappa shape index (κ3) is 4.66. The molecule has 0 aliphatic rings. The van der Waals surface area contributed by atoms with Gasteiger partial charge in [-0.05, 0) is 18.1 Å². The molecule has 2 aromatic rings. The van der Waals surface area contributed by atoms with E-state index in [0.29, 0.717) is 5.56 Å². The summed E-state index contributed by atoms with van der Waals surface area (Å²) in [5.41, 5.74) is 1.59. The number of ether oxygens (including phenoxy) is 2. The van der Waals surface area contributed by atoms with E-state index < -0.39 is 17.9 Å². The van der Waals surface area contributed by atoms with Crippen LogP contribution in [0.3, 0.4) is 0 Å². The number of benzene rings is 1. The van der Waals surface area contributed by atoms with Crippen LogP contribution < -0.4 is 14.8 Å². The summed E-state index contributed by atoms with van der Waals surface area (Å²) in [5.74, 6) is -1.48. The first kappa shape index (κ1) is 18.2. The van der Waals surface area contributed by atoms with Crippen molar-refractivity contribution in [1.29, 1.82) is 0 Å². The highest BCUT2D eigenvalue weighted by atomic mass is 16.5. The summed E-state index contributed by atoms with van der Waals surface area (Å²) in [5, 5.41) is 11.8. The molecule has 1 atom stereocenters. The Morgan fingerprint density at radius 1 is 1.16 bits per heavy atom. The highest BCUT2D eigenvalue weighted by molar-refractivity contribution is 5.91. The topological polar surface area (TPSA) is 111 Å². The molecule has 0 bridgehead atoms. The predicted molar refractivity (Wildman–Crippen MR) is 88.8 cm³/mol. The molecule has 8 heteroatoms. The first-order valence-electron chi connectivity index (χ1n) is 7.49. The maximum absolute atomic E-state index is 12.5. The third-order valence-corrected chi connectivity index (χ3v) is 3.55. The summed E-state index contributed by atoms with van der Waals surface area (Å²) in [7, 11) is 2.81. The molecule has 0 fully saturated rings. The average molecular weight is 345 g/mol. The minimum atomic E-state index is -1.03. The number of aromatic nitrogens is 2. The molecule has 25 heavy (non-hydrogen) atoms. The number of aliphatic carboxylic acids is 1. The van der Waals surface area contributed by atoms with Gasteiger partial charge in [-0.25, -0.2) is 0 Å². The van der Waals surface area contributed by atoms with Crippen LogP contribution in [-0.2, 0) is 4.79 Å². The lowest BCUT2D eigenvalue weighted by Gasteiger charge is -2.19. The van der Waals surface area contributed by atoms with Crippen molar-refractivity contribution in [3.05, 3.63) is 47.3 Å². The average Bonchev–Trinajstić information content (AvgIpc) is 2.60. The van der Waals surface area contributed by atoms with E-state index in [9.17, 15) is 9.59 Å². The van der Waals surface area contributed by atoms with Gasteiger partial charge in [0.2, 0.25) is 17.6 Å². The van der Waals surface area contributed by atoms with Crippen molar-refractivity contribution >= 4 is 11.9 Å². The molecule has 0 saturated carbocycles. The molecule has 0 aliphatic carbocycles. The second-order valence-corrected chi connectivity index (χ2v) is 5.26. The fourth-order valence-corrected chi connectivity index (χ4v) is 2.33. The van der Waals surface area contributed by atoms with E-state index in [1.54, 1.807) is 12.1 Å². The fraction of sp³-hybridized carbons (Fsp3) is 0.294. The maximum atomic E-state index is 12.5. The number of methoxy groups -OCH3 is 2. The molecule has 132 valence electrons. The van der Waals surface area contributed by atoms with Crippen molar-refractivity contribution in [2.75, 3.05) is 14.2 Å². The van der Waals surface area contributed by atoms with Crippen LogP contribution in [0.15, 0.2) is 30.3 Å². The normalized spacial score (nSPS) is 11.5. The van der Waals surface area contributed by atoms with E-state index in [4.69, 9.17) is 14.6 Å². The number of carbonyl (C=O) groups is 2. The molecular formula is C17H19N3O5. The lowest BCUT2D eigenvalue weighted by Crippen LogP contribution is -2.32. The summed E-state index contributed by atoms with van der Waals surface area (Å²) in [6.07, 6.45) is -0.266. The maximum Gasteiger partial charge on any atom is 0.305 e. The van der Waals surface area contributed by atoms with Crippen LogP contribution in [-0.4, -0.2) is 41.2 Å². The van der Waals surface area contributed by atoms with Crippen molar-refractivity contribution in [1.82, 2.24) is 15.3 Å². The van der Waals surface area contributed by atoms with E-state index in [1.165, 1.54) is 20.3 Å². The van der Waals surface area contributed by atoms with Crippen molar-refractivity contribution in [2.45, 2.75) is 19.4 Å². The van der Waals surface area contributed by atoms with Gasteiger partial charge in [-0.2, -0.15) is 9.97 Å². The molecule has 1 aromatic carbocycles. The molecule has 0 aliphatic heterocycles. The van der Waals surface area contributed by atoms with Crippen LogP contribution in [0.1, 0.15) is 34.2 Å². The standard InChI is InChI=1S/C17H19N3O5/c1-10-6-4-5-7-11(10)12(8-15(21)22)18-17(23)16-19-13(24-2)9-14(20-16)25-3/h4-7,9,12H,8H2,1-3H3,(H,18,23)(H,21,22)/t12-/m0/s1. The van der Waals surface area contributed by atoms with E-state index in [-0.39, 0.29) is 24.0 Å². The summed E-state index contributed by atoms with van der Waals surface area (Å²) in [4.78, 5) is 31.7. The molecule has 0 spiro atoms. The third-order valence-electron chi connectivity index (χ3n) is 3.55. The van der Waals surface area contributed by atoms with E-state index >= 15 is 0 Å². The zero-order chi connectivity index (χ0) is 18.4. The number of carboxylic acids is 1. The monoisotopic (exact) mass is 345 g/mol. The number of rotatable bonds is 7. The molecule has 1 amide bonds. The fourth-order valence-electron chi connectivity index (χ4n) is 2.33. The smallest absolute Gasteiger partial charge is 0.305 e. The Balaban J connectivity index is 2.31. The number of hydrogen-bond donors (Lipinski definition) is 2. The van der Waals surface area contributed by atoms with Gasteiger partial charge in [0.1, 0.15) is 0 Å². The van der Waals surface area contributed by atoms with Gasteiger partial charge in [0, 0.05) is 0 Å². The van der Waals surface area contributed by atoms with E-state index in [2.05, 4.69) is 15.3 Å². The van der Waals surface area contributed by atoms with Crippen LogP contribution in [0.25, 0.3) is 0 Å². The number of amides is 1. The van der Waals surface area contributed by atoms with Gasteiger partial charge in [0.05, 0.1) is 32.7 Å². The Bertz CT molecular complexity index is 756. The van der Waals surface area contributed by atoms with Gasteiger partial charge in [0.15, 0.2) is 0 Å². The molecule has 2 rings (SSSR count). The van der Waals surface area contributed by atoms with Crippen molar-refractivity contribution in [2.24, 2.45) is 0 Å². The second-order valence-electron chi connectivity index (χ2n) is 5.26. The van der Waals surface area contributed by atoms with Crippen molar-refractivity contribution in [3.8, 4) is 11.8 Å². The number of hydrogen-bond acceptors (Lipinski definition) is 6. The van der Waals surface area contributed by atoms with Gasteiger partial charge in [-0.1, -0.05) is 24.3 Å². The molecule has 0 unspecified atom stereocenters. The van der Waals surface area contributed by atoms with Crippen molar-refractivity contribution in [3.63, 3.8) is 0 Å². The van der Waals surface area contributed by atoms with Crippen LogP contribution in [0.5, 0.6) is 11.8 Å². The first-order valence-corrected chi connectivity index (χ1v) is 7.49. The van der Waals surface area contributed by atoms with Gasteiger partial charge in [-0.3, -0.25) is 9.59 Å². The van der Waals surface area contributed by atoms with Crippen LogP contribution in [0.4, 0.5) is 0 Å². The Labute approximate surface area is 144 Å². The Kier molecular flexibility index (Phi) is 5.89. The number of nitrogens with one attached hydrogen (secondary N) is 1. The molecule has 2 N–H and O–H groups in total. The van der Waals surface area contributed by atoms with Crippen LogP contribution >= 0.6 is 0 Å². The number of carbonyl (C=O) groups excluding carboxylic acids is 1. The van der Waals surface area contributed by atoms with Gasteiger partial charge < -0.3 is 19.9 Å². The summed E-state index contributed by atoms with van der Waals surface area (Å²) < 4.78 is 10.0. The minimum Gasteiger partial charge on any atom is -0.481 e. The summed E-state index contributed by atoms with van der Waals surface area (Å²) in [6, 6.07) is 7.97. The number of nitrogens with zero attached hydrogens (tertiary/aromatic N) is 2. The molecule has 1 heterocycles. The lowest BCUT2D eigenvalue weighted by molar-refractivity contribution is -0.137. The first-order chi connectivity index (χ1) is 11.9. The quantitative estimate of drug-likeness (QED) is 0.786. The van der Waals surface area contributed by atoms with Crippen LogP contribution in [0.2, 0.25) is 0 Å². The van der Waals surface area contributed by atoms with Gasteiger partial charge >= 0.3 is 5.97 Å². The van der Waals surface area contributed by atoms with E-state index in [0.717, 1.165) is 5.56 Å².